The van der Waals surface area contributed by atoms with Crippen molar-refractivity contribution in [1.82, 2.24) is 0 Å². The molecule has 0 aliphatic carbocycles. The Balaban J connectivity index is 1.55. The minimum absolute atomic E-state index is 0.0338. The van der Waals surface area contributed by atoms with Crippen molar-refractivity contribution in [3.63, 3.8) is 0 Å². The Morgan fingerprint density at radius 3 is 2.22 bits per heavy atom. The zero-order valence-electron chi connectivity index (χ0n) is 18.4. The lowest BCUT2D eigenvalue weighted by Crippen LogP contribution is -2.29. The number of fused-ring (bicyclic) bond motifs is 1. The Morgan fingerprint density at radius 2 is 1.58 bits per heavy atom. The van der Waals surface area contributed by atoms with E-state index >= 15 is 0 Å². The van der Waals surface area contributed by atoms with Gasteiger partial charge in [0.05, 0.1) is 5.56 Å². The predicted octanol–water partition coefficient (Wildman–Crippen LogP) is 6.44. The maximum atomic E-state index is 13.9. The number of halogens is 6. The molecule has 1 aliphatic rings. The number of ketones is 1. The number of esters is 1. The molecule has 0 aromatic heterocycles. The minimum atomic E-state index is -2.36. The molecule has 0 radical (unpaired) electrons. The van der Waals surface area contributed by atoms with Gasteiger partial charge in [-0.25, -0.2) is 18.0 Å². The third-order valence-electron chi connectivity index (χ3n) is 5.24. The first-order valence-electron chi connectivity index (χ1n) is 10.2. The predicted molar refractivity (Wildman–Crippen MR) is 120 cm³/mol. The van der Waals surface area contributed by atoms with E-state index in [9.17, 15) is 31.5 Å². The first-order chi connectivity index (χ1) is 17.0. The summed E-state index contributed by atoms with van der Waals surface area (Å²) in [6.07, 6.45) is -0.225. The molecule has 3 aromatic rings. The van der Waals surface area contributed by atoms with Crippen LogP contribution in [-0.2, 0) is 4.79 Å². The van der Waals surface area contributed by atoms with Gasteiger partial charge in [0.1, 0.15) is 11.5 Å². The molecule has 0 bridgehead atoms. The van der Waals surface area contributed by atoms with Crippen LogP contribution in [0.15, 0.2) is 46.6 Å². The summed E-state index contributed by atoms with van der Waals surface area (Å²) < 4.78 is 84.1. The van der Waals surface area contributed by atoms with Crippen LogP contribution in [0.3, 0.4) is 0 Å². The van der Waals surface area contributed by atoms with Gasteiger partial charge in [0.2, 0.25) is 34.9 Å². The van der Waals surface area contributed by atoms with Crippen LogP contribution in [0.2, 0.25) is 0 Å². The van der Waals surface area contributed by atoms with Crippen LogP contribution in [0, 0.1) is 36.0 Å². The lowest BCUT2D eigenvalue weighted by atomic mass is 10.1. The van der Waals surface area contributed by atoms with Crippen molar-refractivity contribution in [3.8, 4) is 17.2 Å². The monoisotopic (exact) mass is 568 g/mol. The Hall–Kier alpha value is -3.73. The second kappa shape index (κ2) is 9.73. The van der Waals surface area contributed by atoms with Gasteiger partial charge in [0.25, 0.3) is 0 Å². The van der Waals surface area contributed by atoms with Crippen LogP contribution >= 0.6 is 15.9 Å². The Labute approximate surface area is 209 Å². The Bertz CT molecular complexity index is 1420. The fourth-order valence-corrected chi connectivity index (χ4v) is 3.72. The summed E-state index contributed by atoms with van der Waals surface area (Å²) in [6.45, 7) is 2.51. The van der Waals surface area contributed by atoms with E-state index in [2.05, 4.69) is 15.9 Å². The maximum Gasteiger partial charge on any atom is 0.352 e. The molecular formula is C25H14BrF5O5. The number of carbonyl (C=O) groups is 2. The SMILES string of the molecule is Cc1c(OC(=O)C(C)Oc2c(F)c(F)c(F)c(F)c2F)ccc2c1O/C(=C\c1ccccc1Br)C2=O. The van der Waals surface area contributed by atoms with Gasteiger partial charge in [0.15, 0.2) is 17.6 Å². The summed E-state index contributed by atoms with van der Waals surface area (Å²) in [7, 11) is 0. The molecule has 0 saturated carbocycles. The van der Waals surface area contributed by atoms with Crippen LogP contribution in [0.5, 0.6) is 17.2 Å². The number of Topliss-reactive ketones (excluding diaryl/α,β-unsaturated/α-hetero) is 1. The molecule has 0 amide bonds. The number of carbonyl (C=O) groups excluding carboxylic acids is 2. The molecule has 3 aromatic carbocycles. The summed E-state index contributed by atoms with van der Waals surface area (Å²) >= 11 is 3.38. The van der Waals surface area contributed by atoms with E-state index in [1.54, 1.807) is 24.3 Å². The molecule has 0 fully saturated rings. The van der Waals surface area contributed by atoms with Crippen LogP contribution in [0.1, 0.15) is 28.4 Å². The number of benzene rings is 3. The molecule has 1 heterocycles. The van der Waals surface area contributed by atoms with E-state index in [0.717, 1.165) is 11.4 Å². The first-order valence-corrected chi connectivity index (χ1v) is 11.0. The normalized spacial score (nSPS) is 14.4. The molecule has 4 rings (SSSR count). The van der Waals surface area contributed by atoms with E-state index in [0.29, 0.717) is 5.56 Å². The highest BCUT2D eigenvalue weighted by Crippen LogP contribution is 2.40. The lowest BCUT2D eigenvalue weighted by Gasteiger charge is -2.16. The van der Waals surface area contributed by atoms with Crippen molar-refractivity contribution < 1.29 is 45.8 Å². The minimum Gasteiger partial charge on any atom is -0.473 e. The van der Waals surface area contributed by atoms with Gasteiger partial charge < -0.3 is 14.2 Å². The van der Waals surface area contributed by atoms with Gasteiger partial charge in [0, 0.05) is 10.0 Å². The largest absolute Gasteiger partial charge is 0.473 e. The molecule has 0 saturated heterocycles. The van der Waals surface area contributed by atoms with E-state index in [1.807, 2.05) is 0 Å². The first kappa shape index (κ1) is 25.4. The fourth-order valence-electron chi connectivity index (χ4n) is 3.32. The van der Waals surface area contributed by atoms with Crippen molar-refractivity contribution in [2.24, 2.45) is 0 Å². The van der Waals surface area contributed by atoms with Crippen LogP contribution in [-0.4, -0.2) is 17.9 Å². The van der Waals surface area contributed by atoms with Crippen molar-refractivity contribution in [1.29, 1.82) is 0 Å². The standard InChI is InChI=1S/C25H14BrF5O5/c1-10-15(36-25(33)11(2)34-24-20(30)18(28)17(27)19(29)21(24)31)8-7-13-22(32)16(35-23(10)13)9-12-5-3-4-6-14(12)26/h3-9,11H,1-2H3/b16-9-. The molecular weight excluding hydrogens is 555 g/mol. The summed E-state index contributed by atoms with van der Waals surface area (Å²) in [4.78, 5) is 25.2. The molecule has 0 spiro atoms. The Morgan fingerprint density at radius 1 is 0.972 bits per heavy atom. The fraction of sp³-hybridized carbons (Fsp3) is 0.120. The van der Waals surface area contributed by atoms with Crippen molar-refractivity contribution in [2.45, 2.75) is 20.0 Å². The molecule has 36 heavy (non-hydrogen) atoms. The van der Waals surface area contributed by atoms with E-state index in [4.69, 9.17) is 14.2 Å². The number of rotatable bonds is 5. The molecule has 11 heteroatoms. The molecule has 5 nitrogen and oxygen atoms in total. The second-order valence-electron chi connectivity index (χ2n) is 7.61. The quantitative estimate of drug-likeness (QED) is 0.0884. The second-order valence-corrected chi connectivity index (χ2v) is 8.46. The van der Waals surface area contributed by atoms with Gasteiger partial charge in [-0.2, -0.15) is 8.78 Å². The van der Waals surface area contributed by atoms with Crippen LogP contribution < -0.4 is 14.2 Å². The van der Waals surface area contributed by atoms with Crippen molar-refractivity contribution >= 4 is 33.8 Å². The van der Waals surface area contributed by atoms with Crippen LogP contribution in [0.4, 0.5) is 22.0 Å². The highest BCUT2D eigenvalue weighted by atomic mass is 79.9. The summed E-state index contributed by atoms with van der Waals surface area (Å²) in [6, 6.07) is 9.81. The molecule has 0 N–H and O–H groups in total. The number of allylic oxidation sites excluding steroid dienone is 1. The van der Waals surface area contributed by atoms with E-state index in [1.165, 1.54) is 25.1 Å². The highest BCUT2D eigenvalue weighted by molar-refractivity contribution is 9.10. The van der Waals surface area contributed by atoms with Gasteiger partial charge in [-0.1, -0.05) is 34.1 Å². The lowest BCUT2D eigenvalue weighted by molar-refractivity contribution is -0.141. The topological polar surface area (TPSA) is 61.8 Å². The van der Waals surface area contributed by atoms with Crippen molar-refractivity contribution in [3.05, 3.63) is 92.4 Å². The van der Waals surface area contributed by atoms with Gasteiger partial charge >= 0.3 is 5.97 Å². The highest BCUT2D eigenvalue weighted by Gasteiger charge is 2.33. The van der Waals surface area contributed by atoms with E-state index in [-0.39, 0.29) is 28.4 Å². The maximum absolute atomic E-state index is 13.9. The van der Waals surface area contributed by atoms with Crippen molar-refractivity contribution in [2.75, 3.05) is 0 Å². The third-order valence-corrected chi connectivity index (χ3v) is 5.96. The number of hydrogen-bond donors (Lipinski definition) is 0. The summed E-state index contributed by atoms with van der Waals surface area (Å²) in [5.74, 6) is -14.3. The zero-order valence-corrected chi connectivity index (χ0v) is 20.0. The number of hydrogen-bond acceptors (Lipinski definition) is 5. The van der Waals surface area contributed by atoms with Crippen LogP contribution in [0.25, 0.3) is 6.08 Å². The van der Waals surface area contributed by atoms with Gasteiger partial charge in [-0.05, 0) is 43.7 Å². The zero-order chi connectivity index (χ0) is 26.3. The van der Waals surface area contributed by atoms with Gasteiger partial charge in [-0.3, -0.25) is 4.79 Å². The summed E-state index contributed by atoms with van der Waals surface area (Å²) in [5.41, 5.74) is 1.17. The third kappa shape index (κ3) is 4.46. The molecule has 1 unspecified atom stereocenters. The number of ether oxygens (including phenoxy) is 3. The average molecular weight is 569 g/mol. The average Bonchev–Trinajstić information content (AvgIpc) is 3.18. The smallest absolute Gasteiger partial charge is 0.352 e. The molecule has 1 atom stereocenters. The molecule has 1 aliphatic heterocycles. The van der Waals surface area contributed by atoms with E-state index < -0.39 is 52.7 Å². The Kier molecular flexibility index (Phi) is 6.85. The van der Waals surface area contributed by atoms with Gasteiger partial charge in [-0.15, -0.1) is 0 Å². The summed E-state index contributed by atoms with van der Waals surface area (Å²) in [5, 5.41) is 0. The molecule has 186 valence electrons.